The van der Waals surface area contributed by atoms with Gasteiger partial charge in [-0.3, -0.25) is 0 Å². The third-order valence-electron chi connectivity index (χ3n) is 4.33. The minimum atomic E-state index is 0.533. The highest BCUT2D eigenvalue weighted by molar-refractivity contribution is 7.12. The van der Waals surface area contributed by atoms with E-state index in [1.165, 1.54) is 0 Å². The highest BCUT2D eigenvalue weighted by atomic mass is 32.1. The topological polar surface area (TPSA) is 62.2 Å². The number of rotatable bonds is 6. The van der Waals surface area contributed by atoms with Gasteiger partial charge in [0, 0.05) is 11.3 Å². The number of amidine groups is 1. The van der Waals surface area contributed by atoms with Crippen molar-refractivity contribution in [1.29, 1.82) is 5.41 Å². The summed E-state index contributed by atoms with van der Waals surface area (Å²) < 4.78 is 0. The van der Waals surface area contributed by atoms with E-state index in [0.29, 0.717) is 18.0 Å². The predicted octanol–water partition coefficient (Wildman–Crippen LogP) is 6.12. The smallest absolute Gasteiger partial charge is 0.141 e. The molecule has 0 unspecified atom stereocenters. The first-order valence-corrected chi connectivity index (χ1v) is 10.6. The highest BCUT2D eigenvalue weighted by Gasteiger charge is 2.06. The van der Waals surface area contributed by atoms with E-state index >= 15 is 0 Å². The van der Waals surface area contributed by atoms with Crippen molar-refractivity contribution >= 4 is 39.9 Å². The lowest BCUT2D eigenvalue weighted by Gasteiger charge is -2.07. The van der Waals surface area contributed by atoms with Crippen LogP contribution < -0.4 is 5.73 Å². The molecule has 2 aromatic heterocycles. The summed E-state index contributed by atoms with van der Waals surface area (Å²) in [5.74, 6) is 0.533. The van der Waals surface area contributed by atoms with Crippen molar-refractivity contribution in [2.45, 2.75) is 6.42 Å². The van der Waals surface area contributed by atoms with Crippen molar-refractivity contribution in [3.63, 3.8) is 0 Å². The number of aliphatic imine (C=N–C) groups is 1. The van der Waals surface area contributed by atoms with E-state index in [2.05, 4.69) is 29.3 Å². The Kier molecular flexibility index (Phi) is 5.46. The lowest BCUT2D eigenvalue weighted by molar-refractivity contribution is 1.29. The van der Waals surface area contributed by atoms with E-state index in [9.17, 15) is 0 Å². The van der Waals surface area contributed by atoms with Crippen LogP contribution in [0.2, 0.25) is 0 Å². The van der Waals surface area contributed by atoms with Crippen LogP contribution >= 0.6 is 22.7 Å². The van der Waals surface area contributed by atoms with Crippen molar-refractivity contribution < 1.29 is 0 Å². The van der Waals surface area contributed by atoms with Crippen molar-refractivity contribution in [1.82, 2.24) is 0 Å². The van der Waals surface area contributed by atoms with Gasteiger partial charge in [-0.05, 0) is 51.7 Å². The molecular weight excluding hydrogens is 382 g/mol. The molecule has 4 aromatic rings. The molecule has 28 heavy (non-hydrogen) atoms. The molecule has 0 saturated heterocycles. The molecule has 0 amide bonds. The van der Waals surface area contributed by atoms with Gasteiger partial charge < -0.3 is 11.1 Å². The van der Waals surface area contributed by atoms with Crippen LogP contribution in [-0.4, -0.2) is 11.5 Å². The Balaban J connectivity index is 1.58. The Morgan fingerprint density at radius 3 is 2.21 bits per heavy atom. The third-order valence-corrected chi connectivity index (χ3v) is 6.15. The Morgan fingerprint density at radius 1 is 0.821 bits per heavy atom. The predicted molar refractivity (Wildman–Crippen MR) is 121 cm³/mol. The largest absolute Gasteiger partial charge is 0.383 e. The van der Waals surface area contributed by atoms with Gasteiger partial charge in [0.25, 0.3) is 0 Å². The number of hydrogen-bond donors (Lipinski definition) is 2. The summed E-state index contributed by atoms with van der Waals surface area (Å²) >= 11 is 3.19. The van der Waals surface area contributed by atoms with Gasteiger partial charge in [-0.2, -0.15) is 0 Å². The Labute approximate surface area is 172 Å². The molecule has 0 aliphatic carbocycles. The van der Waals surface area contributed by atoms with Crippen molar-refractivity contribution in [3.05, 3.63) is 98.9 Å². The molecule has 0 atom stereocenters. The van der Waals surface area contributed by atoms with Gasteiger partial charge >= 0.3 is 0 Å². The van der Waals surface area contributed by atoms with Crippen LogP contribution in [0.4, 0.5) is 5.69 Å². The van der Waals surface area contributed by atoms with Crippen molar-refractivity contribution in [2.24, 2.45) is 10.7 Å². The average Bonchev–Trinajstić information content (AvgIpc) is 3.42. The number of nitrogens with zero attached hydrogens (tertiary/aromatic N) is 1. The summed E-state index contributed by atoms with van der Waals surface area (Å²) in [6, 6.07) is 24.3. The van der Waals surface area contributed by atoms with Crippen LogP contribution in [-0.2, 0) is 6.42 Å². The summed E-state index contributed by atoms with van der Waals surface area (Å²) in [7, 11) is 0. The molecule has 0 aliphatic rings. The molecular formula is C23H19N3S2. The summed E-state index contributed by atoms with van der Waals surface area (Å²) in [6.07, 6.45) is 0.623. The first-order chi connectivity index (χ1) is 13.7. The summed E-state index contributed by atoms with van der Waals surface area (Å²) in [5, 5.41) is 12.3. The van der Waals surface area contributed by atoms with Crippen LogP contribution in [0.15, 0.2) is 88.5 Å². The van der Waals surface area contributed by atoms with Crippen molar-refractivity contribution in [3.8, 4) is 11.1 Å². The minimum absolute atomic E-state index is 0.533. The zero-order valence-corrected chi connectivity index (χ0v) is 16.8. The minimum Gasteiger partial charge on any atom is -0.383 e. The van der Waals surface area contributed by atoms with Crippen LogP contribution in [0.1, 0.15) is 15.3 Å². The molecule has 0 fully saturated rings. The number of benzene rings is 2. The van der Waals surface area contributed by atoms with Crippen LogP contribution in [0, 0.1) is 5.41 Å². The van der Waals surface area contributed by atoms with E-state index in [1.54, 1.807) is 22.7 Å². The van der Waals surface area contributed by atoms with E-state index < -0.39 is 0 Å². The molecule has 0 aliphatic heterocycles. The quantitative estimate of drug-likeness (QED) is 0.296. The molecule has 138 valence electrons. The Hall–Kier alpha value is -3.02. The molecule has 5 heteroatoms. The summed E-state index contributed by atoms with van der Waals surface area (Å²) in [5.41, 5.74) is 10.9. The van der Waals surface area contributed by atoms with Crippen LogP contribution in [0.25, 0.3) is 11.1 Å². The maximum Gasteiger partial charge on any atom is 0.141 e. The van der Waals surface area contributed by atoms with Gasteiger partial charge in [0.1, 0.15) is 5.84 Å². The molecule has 0 bridgehead atoms. The number of hydrogen-bond acceptors (Lipinski definition) is 4. The second-order valence-corrected chi connectivity index (χ2v) is 8.25. The summed E-state index contributed by atoms with van der Waals surface area (Å²) in [4.78, 5) is 6.56. The first-order valence-electron chi connectivity index (χ1n) is 8.88. The molecule has 3 N–H and O–H groups in total. The fraction of sp³-hybridized carbons (Fsp3) is 0.0435. The zero-order chi connectivity index (χ0) is 19.3. The molecule has 0 saturated carbocycles. The molecule has 3 nitrogen and oxygen atoms in total. The molecule has 4 rings (SSSR count). The fourth-order valence-electron chi connectivity index (χ4n) is 2.98. The van der Waals surface area contributed by atoms with Gasteiger partial charge in [0.2, 0.25) is 0 Å². The summed E-state index contributed by atoms with van der Waals surface area (Å²) in [6.45, 7) is 0. The number of nitrogens with two attached hydrogens (primary N) is 1. The lowest BCUT2D eigenvalue weighted by Crippen LogP contribution is -2.10. The average molecular weight is 402 g/mol. The lowest BCUT2D eigenvalue weighted by atomic mass is 10.00. The first kappa shape index (κ1) is 18.3. The third kappa shape index (κ3) is 4.27. The van der Waals surface area contributed by atoms with Crippen LogP contribution in [0.5, 0.6) is 0 Å². The van der Waals surface area contributed by atoms with E-state index in [1.807, 2.05) is 59.3 Å². The zero-order valence-electron chi connectivity index (χ0n) is 15.1. The van der Waals surface area contributed by atoms with Gasteiger partial charge in [0.05, 0.1) is 16.3 Å². The van der Waals surface area contributed by atoms with Crippen LogP contribution in [0.3, 0.4) is 0 Å². The molecule has 2 aromatic carbocycles. The number of nitrogens with one attached hydrogen (secondary N) is 1. The SMILES string of the molecule is N=C(Cc1cccc(-c2cccc(N=C(N)c3cccs3)c2)c1)c1cccs1. The van der Waals surface area contributed by atoms with Crippen molar-refractivity contribution in [2.75, 3.05) is 0 Å². The fourth-order valence-corrected chi connectivity index (χ4v) is 4.28. The van der Waals surface area contributed by atoms with E-state index in [4.69, 9.17) is 11.1 Å². The Bertz CT molecular complexity index is 1110. The highest BCUT2D eigenvalue weighted by Crippen LogP contribution is 2.26. The molecule has 2 heterocycles. The number of thiophene rings is 2. The van der Waals surface area contributed by atoms with Gasteiger partial charge in [-0.15, -0.1) is 22.7 Å². The second kappa shape index (κ2) is 8.33. The maximum absolute atomic E-state index is 8.32. The second-order valence-electron chi connectivity index (χ2n) is 6.36. The van der Waals surface area contributed by atoms with Gasteiger partial charge in [-0.25, -0.2) is 4.99 Å². The van der Waals surface area contributed by atoms with E-state index in [-0.39, 0.29) is 0 Å². The molecule has 0 spiro atoms. The Morgan fingerprint density at radius 2 is 1.50 bits per heavy atom. The molecule has 0 radical (unpaired) electrons. The van der Waals surface area contributed by atoms with E-state index in [0.717, 1.165) is 32.1 Å². The normalized spacial score (nSPS) is 11.5. The van der Waals surface area contributed by atoms with Gasteiger partial charge in [0.15, 0.2) is 0 Å². The maximum atomic E-state index is 8.32. The standard InChI is InChI=1S/C23H19N3S2/c24-20(21-9-3-11-27-21)14-16-5-1-6-17(13-16)18-7-2-8-19(15-18)26-23(25)22-10-4-12-28-22/h1-13,15,24H,14H2,(H2,25,26). The van der Waals surface area contributed by atoms with Gasteiger partial charge in [-0.1, -0.05) is 48.5 Å². The monoisotopic (exact) mass is 401 g/mol.